The molecule has 2 bridgehead atoms. The van der Waals surface area contributed by atoms with Crippen molar-refractivity contribution >= 4 is 17.1 Å². The lowest BCUT2D eigenvalue weighted by Gasteiger charge is -2.45. The topological polar surface area (TPSA) is 61.6 Å². The fraction of sp³-hybridized carbons (Fsp3) is 0.562. The zero-order valence-electron chi connectivity index (χ0n) is 23.1. The van der Waals surface area contributed by atoms with Crippen LogP contribution in [-0.4, -0.2) is 62.3 Å². The van der Waals surface area contributed by atoms with E-state index < -0.39 is 6.09 Å². The number of aryl methyl sites for hydroxylation is 1. The van der Waals surface area contributed by atoms with E-state index in [4.69, 9.17) is 4.98 Å². The van der Waals surface area contributed by atoms with Gasteiger partial charge in [0.2, 0.25) is 0 Å². The summed E-state index contributed by atoms with van der Waals surface area (Å²) in [5, 5.41) is 9.59. The first-order valence-corrected chi connectivity index (χ1v) is 14.6. The molecule has 0 aliphatic carbocycles. The number of imidazole rings is 1. The maximum absolute atomic E-state index is 11.7. The van der Waals surface area contributed by atoms with Gasteiger partial charge in [0.05, 0.1) is 11.0 Å². The summed E-state index contributed by atoms with van der Waals surface area (Å²) in [6.45, 7) is 9.00. The highest BCUT2D eigenvalue weighted by atomic mass is 16.4. The van der Waals surface area contributed by atoms with E-state index in [0.717, 1.165) is 37.1 Å². The van der Waals surface area contributed by atoms with E-state index in [1.807, 2.05) is 0 Å². The average molecular weight is 515 g/mol. The van der Waals surface area contributed by atoms with Gasteiger partial charge in [-0.2, -0.15) is 0 Å². The van der Waals surface area contributed by atoms with Gasteiger partial charge >= 0.3 is 6.09 Å². The average Bonchev–Trinajstić information content (AvgIpc) is 3.38. The second-order valence-corrected chi connectivity index (χ2v) is 12.3. The molecule has 3 aliphatic rings. The summed E-state index contributed by atoms with van der Waals surface area (Å²) in [5.41, 5.74) is 5.20. The fourth-order valence-corrected chi connectivity index (χ4v) is 7.82. The van der Waals surface area contributed by atoms with E-state index in [1.165, 1.54) is 42.3 Å². The van der Waals surface area contributed by atoms with Gasteiger partial charge in [0.25, 0.3) is 0 Å². The van der Waals surface area contributed by atoms with Gasteiger partial charge in [-0.05, 0) is 93.0 Å². The monoisotopic (exact) mass is 514 g/mol. The Kier molecular flexibility index (Phi) is 6.71. The lowest BCUT2D eigenvalue weighted by molar-refractivity contribution is 0.0800. The molecule has 1 N–H and O–H groups in total. The molecule has 3 saturated heterocycles. The Labute approximate surface area is 226 Å². The van der Waals surface area contributed by atoms with E-state index in [1.54, 1.807) is 4.90 Å². The third kappa shape index (κ3) is 4.51. The number of piperidine rings is 2. The predicted octanol–water partition coefficient (Wildman–Crippen LogP) is 6.74. The van der Waals surface area contributed by atoms with Crippen molar-refractivity contribution in [2.75, 3.05) is 19.6 Å². The van der Waals surface area contributed by atoms with Crippen molar-refractivity contribution in [2.45, 2.75) is 95.2 Å². The van der Waals surface area contributed by atoms with Crippen molar-refractivity contribution in [1.82, 2.24) is 19.4 Å². The molecule has 38 heavy (non-hydrogen) atoms. The van der Waals surface area contributed by atoms with Gasteiger partial charge in [-0.3, -0.25) is 4.90 Å². The van der Waals surface area contributed by atoms with Crippen molar-refractivity contribution in [3.63, 3.8) is 0 Å². The van der Waals surface area contributed by atoms with Crippen molar-refractivity contribution in [1.29, 1.82) is 0 Å². The second kappa shape index (κ2) is 10.0. The Morgan fingerprint density at radius 2 is 1.66 bits per heavy atom. The highest BCUT2D eigenvalue weighted by molar-refractivity contribution is 5.76. The number of hydrogen-bond acceptors (Lipinski definition) is 3. The molecule has 6 rings (SSSR count). The smallest absolute Gasteiger partial charge is 0.407 e. The number of fused-ring (bicyclic) bond motifs is 3. The van der Waals surface area contributed by atoms with Gasteiger partial charge in [-0.25, -0.2) is 9.78 Å². The predicted molar refractivity (Wildman–Crippen MR) is 152 cm³/mol. The number of aromatic nitrogens is 2. The Morgan fingerprint density at radius 1 is 1.00 bits per heavy atom. The Balaban J connectivity index is 1.20. The minimum atomic E-state index is -0.781. The standard InChI is InChI=1S/C32H42N4O2/c1-22(2)24-8-10-25(11-9-24)32(14-17-34(18-15-32)31(37)38)16-19-35-26-12-13-27(35)21-28(20-26)36-23(3)33-29-6-4-5-7-30(29)36/h4-11,22,26-28H,12-21H2,1-3H3,(H,37,38). The molecule has 0 radical (unpaired) electrons. The van der Waals surface area contributed by atoms with Crippen molar-refractivity contribution < 1.29 is 9.90 Å². The zero-order chi connectivity index (χ0) is 26.4. The fourth-order valence-electron chi connectivity index (χ4n) is 7.82. The molecule has 6 heteroatoms. The molecule has 1 amide bonds. The van der Waals surface area contributed by atoms with Gasteiger partial charge in [0.1, 0.15) is 5.82 Å². The van der Waals surface area contributed by atoms with Gasteiger partial charge in [0.15, 0.2) is 0 Å². The van der Waals surface area contributed by atoms with Crippen LogP contribution in [0.4, 0.5) is 4.79 Å². The molecule has 4 heterocycles. The van der Waals surface area contributed by atoms with Crippen LogP contribution >= 0.6 is 0 Å². The van der Waals surface area contributed by atoms with Gasteiger partial charge in [-0.15, -0.1) is 0 Å². The number of rotatable bonds is 6. The number of benzene rings is 2. The molecular weight excluding hydrogens is 472 g/mol. The SMILES string of the molecule is Cc1nc2ccccc2n1C1CC2CCC(C1)N2CCC1(c2ccc(C(C)C)cc2)CCN(C(=O)O)CC1. The van der Waals surface area contributed by atoms with Gasteiger partial charge in [-0.1, -0.05) is 50.2 Å². The minimum absolute atomic E-state index is 0.0505. The number of para-hydroxylation sites is 2. The number of amides is 1. The van der Waals surface area contributed by atoms with Crippen LogP contribution in [0.2, 0.25) is 0 Å². The first-order chi connectivity index (χ1) is 18.3. The quantitative estimate of drug-likeness (QED) is 0.396. The normalized spacial score (nSPS) is 25.4. The second-order valence-electron chi connectivity index (χ2n) is 12.3. The number of carboxylic acid groups (broad SMARTS) is 1. The van der Waals surface area contributed by atoms with Crippen molar-refractivity contribution in [3.05, 3.63) is 65.5 Å². The molecule has 0 spiro atoms. The first-order valence-electron chi connectivity index (χ1n) is 14.6. The number of carbonyl (C=O) groups is 1. The van der Waals surface area contributed by atoms with E-state index in [0.29, 0.717) is 37.1 Å². The summed E-state index contributed by atoms with van der Waals surface area (Å²) < 4.78 is 2.51. The Morgan fingerprint density at radius 3 is 2.29 bits per heavy atom. The van der Waals surface area contributed by atoms with E-state index in [2.05, 4.69) is 78.8 Å². The highest BCUT2D eigenvalue weighted by Gasteiger charge is 2.44. The maximum atomic E-state index is 11.7. The van der Waals surface area contributed by atoms with Crippen LogP contribution in [-0.2, 0) is 5.41 Å². The Bertz CT molecular complexity index is 1270. The molecule has 3 aliphatic heterocycles. The summed E-state index contributed by atoms with van der Waals surface area (Å²) >= 11 is 0. The lowest BCUT2D eigenvalue weighted by Crippen LogP contribution is -2.48. The molecule has 2 aromatic carbocycles. The van der Waals surface area contributed by atoms with E-state index in [9.17, 15) is 9.90 Å². The van der Waals surface area contributed by atoms with Crippen molar-refractivity contribution in [3.8, 4) is 0 Å². The van der Waals surface area contributed by atoms with Crippen LogP contribution in [0.3, 0.4) is 0 Å². The van der Waals surface area contributed by atoms with Crippen LogP contribution in [0.25, 0.3) is 11.0 Å². The molecule has 2 atom stereocenters. The van der Waals surface area contributed by atoms with Gasteiger partial charge in [0, 0.05) is 31.2 Å². The first kappa shape index (κ1) is 25.4. The maximum Gasteiger partial charge on any atom is 0.407 e. The molecule has 1 aromatic heterocycles. The Hall–Kier alpha value is -2.86. The summed E-state index contributed by atoms with van der Waals surface area (Å²) in [5.74, 6) is 1.65. The molecule has 6 nitrogen and oxygen atoms in total. The highest BCUT2D eigenvalue weighted by Crippen LogP contribution is 2.45. The molecule has 2 unspecified atom stereocenters. The van der Waals surface area contributed by atoms with Crippen LogP contribution in [0.15, 0.2) is 48.5 Å². The van der Waals surface area contributed by atoms with Crippen LogP contribution in [0.1, 0.15) is 87.7 Å². The number of nitrogens with zero attached hydrogens (tertiary/aromatic N) is 4. The van der Waals surface area contributed by atoms with E-state index in [-0.39, 0.29) is 5.41 Å². The number of likely N-dealkylation sites (tertiary alicyclic amines) is 1. The molecular formula is C32H42N4O2. The largest absolute Gasteiger partial charge is 0.465 e. The van der Waals surface area contributed by atoms with Crippen LogP contribution in [0, 0.1) is 6.92 Å². The molecule has 0 saturated carbocycles. The summed E-state index contributed by atoms with van der Waals surface area (Å²) in [6, 6.07) is 19.6. The molecule has 3 fully saturated rings. The van der Waals surface area contributed by atoms with Crippen LogP contribution in [0.5, 0.6) is 0 Å². The molecule has 3 aromatic rings. The summed E-state index contributed by atoms with van der Waals surface area (Å²) in [4.78, 5) is 20.9. The zero-order valence-corrected chi connectivity index (χ0v) is 23.1. The number of hydrogen-bond donors (Lipinski definition) is 1. The lowest BCUT2D eigenvalue weighted by atomic mass is 9.70. The summed E-state index contributed by atoms with van der Waals surface area (Å²) in [6.07, 6.45) is 7.11. The van der Waals surface area contributed by atoms with Gasteiger partial charge < -0.3 is 14.6 Å². The summed E-state index contributed by atoms with van der Waals surface area (Å²) in [7, 11) is 0. The van der Waals surface area contributed by atoms with Crippen LogP contribution < -0.4 is 0 Å². The molecule has 202 valence electrons. The third-order valence-corrected chi connectivity index (χ3v) is 10.0. The third-order valence-electron chi connectivity index (χ3n) is 10.0. The van der Waals surface area contributed by atoms with Crippen molar-refractivity contribution in [2.24, 2.45) is 0 Å². The van der Waals surface area contributed by atoms with E-state index >= 15 is 0 Å². The minimum Gasteiger partial charge on any atom is -0.465 e.